The van der Waals surface area contributed by atoms with Crippen LogP contribution in [0, 0.1) is 0 Å². The van der Waals surface area contributed by atoms with Crippen molar-refractivity contribution in [2.24, 2.45) is 0 Å². The Labute approximate surface area is 127 Å². The second-order valence-corrected chi connectivity index (χ2v) is 5.56. The number of Topliss-reactive ketones (excluding diaryl/α,β-unsaturated/α-hetero) is 1. The van der Waals surface area contributed by atoms with Crippen LogP contribution in [0.25, 0.3) is 0 Å². The van der Waals surface area contributed by atoms with Crippen LogP contribution >= 0.6 is 12.0 Å². The van der Waals surface area contributed by atoms with Crippen LogP contribution in [0.1, 0.15) is 22.8 Å². The Morgan fingerprint density at radius 2 is 2.00 bits per heavy atom. The normalized spacial score (nSPS) is 13.3. The molecule has 21 heavy (non-hydrogen) atoms. The summed E-state index contributed by atoms with van der Waals surface area (Å²) >= 11 is 1.17. The van der Waals surface area contributed by atoms with E-state index in [0.29, 0.717) is 6.54 Å². The fraction of sp³-hybridized carbons (Fsp3) is 0.188. The zero-order valence-electron chi connectivity index (χ0n) is 11.6. The maximum Gasteiger partial charge on any atom is 0.159 e. The Kier molecular flexibility index (Phi) is 4.24. The highest BCUT2D eigenvalue weighted by Gasteiger charge is 2.21. The number of anilines is 1. The predicted octanol–water partition coefficient (Wildman–Crippen LogP) is 3.82. The molecule has 0 spiro atoms. The second kappa shape index (κ2) is 6.30. The van der Waals surface area contributed by atoms with Crippen molar-refractivity contribution in [3.05, 3.63) is 59.7 Å². The average molecular weight is 301 g/mol. The summed E-state index contributed by atoms with van der Waals surface area (Å²) in [5.41, 5.74) is 2.79. The number of benzene rings is 2. The fourth-order valence-corrected chi connectivity index (χ4v) is 2.69. The lowest BCUT2D eigenvalue weighted by Gasteiger charge is -2.16. The van der Waals surface area contributed by atoms with Crippen molar-refractivity contribution in [3.63, 3.8) is 0 Å². The Balaban J connectivity index is 1.61. The molecule has 4 nitrogen and oxygen atoms in total. The number of fused-ring (bicyclic) bond motifs is 1. The molecule has 0 saturated heterocycles. The van der Waals surface area contributed by atoms with Crippen LogP contribution in [0.5, 0.6) is 0 Å². The molecule has 0 aliphatic carbocycles. The van der Waals surface area contributed by atoms with Gasteiger partial charge in [-0.1, -0.05) is 23.2 Å². The van der Waals surface area contributed by atoms with Crippen molar-refractivity contribution in [2.75, 3.05) is 11.6 Å². The number of ketones is 1. The monoisotopic (exact) mass is 301 g/mol. The molecular weight excluding hydrogens is 286 g/mol. The number of carbonyl (C=O) groups is 1. The molecule has 3 rings (SSSR count). The molecule has 0 unspecified atom stereocenters. The van der Waals surface area contributed by atoms with E-state index in [1.165, 1.54) is 12.0 Å². The van der Waals surface area contributed by atoms with E-state index >= 15 is 0 Å². The number of hydroxylamine groups is 1. The molecule has 2 aromatic carbocycles. The maximum absolute atomic E-state index is 11.4. The van der Waals surface area contributed by atoms with E-state index in [1.807, 2.05) is 48.5 Å². The molecule has 0 saturated carbocycles. The minimum atomic E-state index is 0.0769. The Bertz CT molecular complexity index is 645. The van der Waals surface area contributed by atoms with Gasteiger partial charge in [0.1, 0.15) is 0 Å². The SMILES string of the molecule is CC(=O)c1ccc2c(c1)CCN2OOSc1ccccc1. The lowest BCUT2D eigenvalue weighted by molar-refractivity contribution is -0.202. The predicted molar refractivity (Wildman–Crippen MR) is 82.0 cm³/mol. The van der Waals surface area contributed by atoms with Gasteiger partial charge in [0.15, 0.2) is 5.78 Å². The van der Waals surface area contributed by atoms with E-state index in [-0.39, 0.29) is 5.78 Å². The largest absolute Gasteiger partial charge is 0.295 e. The third-order valence-electron chi connectivity index (χ3n) is 3.33. The molecule has 1 aliphatic rings. The molecular formula is C16H15NO3S. The molecule has 0 atom stereocenters. The van der Waals surface area contributed by atoms with Gasteiger partial charge in [0.05, 0.1) is 24.3 Å². The quantitative estimate of drug-likeness (QED) is 0.363. The van der Waals surface area contributed by atoms with Gasteiger partial charge < -0.3 is 0 Å². The number of carbonyl (C=O) groups excluding carboxylic acids is 1. The van der Waals surface area contributed by atoms with E-state index in [4.69, 9.17) is 9.32 Å². The molecule has 2 aromatic rings. The van der Waals surface area contributed by atoms with Crippen molar-refractivity contribution in [1.82, 2.24) is 0 Å². The first-order valence-corrected chi connectivity index (χ1v) is 7.46. The van der Waals surface area contributed by atoms with Crippen molar-refractivity contribution < 1.29 is 14.1 Å². The molecule has 0 amide bonds. The van der Waals surface area contributed by atoms with E-state index in [9.17, 15) is 4.79 Å². The standard InChI is InChI=1S/C16H15NO3S/c1-12(18)13-7-8-16-14(11-13)9-10-17(16)19-20-21-15-5-3-2-4-6-15/h2-8,11H,9-10H2,1H3. The molecule has 1 heterocycles. The van der Waals surface area contributed by atoms with Crippen LogP contribution in [0.3, 0.4) is 0 Å². The van der Waals surface area contributed by atoms with Crippen LogP contribution in [0.15, 0.2) is 53.4 Å². The van der Waals surface area contributed by atoms with E-state index in [2.05, 4.69) is 0 Å². The molecule has 0 aromatic heterocycles. The first-order chi connectivity index (χ1) is 10.2. The van der Waals surface area contributed by atoms with Crippen molar-refractivity contribution >= 4 is 23.5 Å². The summed E-state index contributed by atoms with van der Waals surface area (Å²) in [6.45, 7) is 2.29. The number of rotatable bonds is 5. The minimum Gasteiger partial charge on any atom is -0.295 e. The van der Waals surface area contributed by atoms with Crippen LogP contribution in [-0.2, 0) is 15.7 Å². The van der Waals surface area contributed by atoms with Crippen LogP contribution in [0.4, 0.5) is 5.69 Å². The Hall–Kier alpha value is -1.82. The van der Waals surface area contributed by atoms with Gasteiger partial charge in [-0.25, -0.2) is 5.06 Å². The first-order valence-electron chi connectivity index (χ1n) is 6.72. The average Bonchev–Trinajstić information content (AvgIpc) is 2.91. The van der Waals surface area contributed by atoms with E-state index in [0.717, 1.165) is 28.1 Å². The van der Waals surface area contributed by atoms with Gasteiger partial charge in [-0.3, -0.25) is 4.79 Å². The van der Waals surface area contributed by atoms with Gasteiger partial charge in [0, 0.05) is 10.5 Å². The molecule has 0 N–H and O–H groups in total. The van der Waals surface area contributed by atoms with Crippen molar-refractivity contribution in [1.29, 1.82) is 0 Å². The van der Waals surface area contributed by atoms with Crippen LogP contribution in [0.2, 0.25) is 0 Å². The third kappa shape index (κ3) is 3.26. The fourth-order valence-electron chi connectivity index (χ4n) is 2.24. The summed E-state index contributed by atoms with van der Waals surface area (Å²) in [7, 11) is 0. The number of hydrogen-bond acceptors (Lipinski definition) is 5. The van der Waals surface area contributed by atoms with Gasteiger partial charge >= 0.3 is 0 Å². The Morgan fingerprint density at radius 3 is 2.76 bits per heavy atom. The zero-order valence-corrected chi connectivity index (χ0v) is 12.4. The van der Waals surface area contributed by atoms with E-state index in [1.54, 1.807) is 12.0 Å². The van der Waals surface area contributed by atoms with Crippen LogP contribution < -0.4 is 5.06 Å². The summed E-state index contributed by atoms with van der Waals surface area (Å²) in [4.78, 5) is 17.7. The van der Waals surface area contributed by atoms with Gasteiger partial charge in [-0.05, 0) is 49.2 Å². The lowest BCUT2D eigenvalue weighted by Crippen LogP contribution is -2.19. The maximum atomic E-state index is 11.4. The molecule has 0 bridgehead atoms. The summed E-state index contributed by atoms with van der Waals surface area (Å²) in [6, 6.07) is 15.4. The van der Waals surface area contributed by atoms with E-state index < -0.39 is 0 Å². The zero-order chi connectivity index (χ0) is 14.7. The molecule has 108 valence electrons. The van der Waals surface area contributed by atoms with Crippen molar-refractivity contribution in [2.45, 2.75) is 18.2 Å². The minimum absolute atomic E-state index is 0.0769. The highest BCUT2D eigenvalue weighted by Crippen LogP contribution is 2.30. The number of nitrogens with zero attached hydrogens (tertiary/aromatic N) is 1. The summed E-state index contributed by atoms with van der Waals surface area (Å²) in [5.74, 6) is 0.0769. The highest BCUT2D eigenvalue weighted by atomic mass is 32.2. The second-order valence-electron chi connectivity index (χ2n) is 4.79. The van der Waals surface area contributed by atoms with Gasteiger partial charge in [0.2, 0.25) is 0 Å². The topological polar surface area (TPSA) is 38.8 Å². The smallest absolute Gasteiger partial charge is 0.159 e. The van der Waals surface area contributed by atoms with Gasteiger partial charge in [-0.15, -0.1) is 4.33 Å². The molecule has 1 aliphatic heterocycles. The summed E-state index contributed by atoms with van der Waals surface area (Å²) in [6.07, 6.45) is 0.843. The first kappa shape index (κ1) is 14.1. The van der Waals surface area contributed by atoms with Crippen LogP contribution in [-0.4, -0.2) is 12.3 Å². The summed E-state index contributed by atoms with van der Waals surface area (Å²) < 4.78 is 5.21. The van der Waals surface area contributed by atoms with Gasteiger partial charge in [-0.2, -0.15) is 0 Å². The lowest BCUT2D eigenvalue weighted by atomic mass is 10.1. The van der Waals surface area contributed by atoms with Gasteiger partial charge in [0.25, 0.3) is 0 Å². The Morgan fingerprint density at radius 1 is 1.19 bits per heavy atom. The summed E-state index contributed by atoms with van der Waals surface area (Å²) in [5, 5.41) is 1.70. The van der Waals surface area contributed by atoms with Crippen molar-refractivity contribution in [3.8, 4) is 0 Å². The molecule has 5 heteroatoms. The third-order valence-corrected chi connectivity index (χ3v) is 3.93. The highest BCUT2D eigenvalue weighted by molar-refractivity contribution is 7.94. The molecule has 0 fully saturated rings. The molecule has 0 radical (unpaired) electrons. The number of hydrogen-bond donors (Lipinski definition) is 0.